The molecule has 0 aliphatic rings. The molecule has 0 amide bonds. The fraction of sp³-hybridized carbons (Fsp3) is 0.0769. The number of nitrogens with two attached hydrogens (primary N) is 1. The number of nitrogens with zero attached hydrogens (tertiary/aromatic N) is 3. The van der Waals surface area contributed by atoms with Gasteiger partial charge in [-0.3, -0.25) is 0 Å². The molecule has 0 bridgehead atoms. The van der Waals surface area contributed by atoms with E-state index in [1.165, 1.54) is 12.1 Å². The van der Waals surface area contributed by atoms with Crippen LogP contribution in [0.15, 0.2) is 47.5 Å². The average Bonchev–Trinajstić information content (AvgIpc) is 2.82. The van der Waals surface area contributed by atoms with E-state index in [4.69, 9.17) is 5.73 Å². The van der Waals surface area contributed by atoms with Gasteiger partial charge in [-0.15, -0.1) is 5.10 Å². The summed E-state index contributed by atoms with van der Waals surface area (Å²) in [4.78, 5) is 4.50. The van der Waals surface area contributed by atoms with Gasteiger partial charge in [0.1, 0.15) is 0 Å². The highest BCUT2D eigenvalue weighted by atomic mass is 32.2. The van der Waals surface area contributed by atoms with E-state index in [1.54, 1.807) is 35.0 Å². The molecule has 0 aliphatic heterocycles. The van der Waals surface area contributed by atoms with E-state index in [2.05, 4.69) is 15.4 Å². The lowest BCUT2D eigenvalue weighted by Crippen LogP contribution is -1.99. The van der Waals surface area contributed by atoms with Gasteiger partial charge in [0, 0.05) is 18.1 Å². The van der Waals surface area contributed by atoms with E-state index in [0.717, 1.165) is 6.26 Å². The van der Waals surface area contributed by atoms with Gasteiger partial charge in [0.25, 0.3) is 0 Å². The van der Waals surface area contributed by atoms with E-state index >= 15 is 0 Å². The number of hydrogen-bond acceptors (Lipinski definition) is 6. The monoisotopic (exact) mass is 303 g/mol. The Morgan fingerprint density at radius 3 is 2.76 bits per heavy atom. The van der Waals surface area contributed by atoms with Crippen LogP contribution in [-0.2, 0) is 9.84 Å². The minimum absolute atomic E-state index is 0.232. The third-order valence-corrected chi connectivity index (χ3v) is 4.02. The zero-order valence-electron chi connectivity index (χ0n) is 11.2. The number of nitrogen functional groups attached to an aromatic ring is 1. The molecule has 7 nitrogen and oxygen atoms in total. The van der Waals surface area contributed by atoms with Crippen molar-refractivity contribution in [1.29, 1.82) is 0 Å². The Morgan fingerprint density at radius 2 is 2.05 bits per heavy atom. The van der Waals surface area contributed by atoms with Crippen LogP contribution in [-0.4, -0.2) is 29.3 Å². The largest absolute Gasteiger partial charge is 0.396 e. The van der Waals surface area contributed by atoms with Crippen LogP contribution in [0.5, 0.6) is 0 Å². The Hall–Kier alpha value is -2.61. The quantitative estimate of drug-likeness (QED) is 0.759. The standard InChI is InChI=1S/C13H13N5O2S/c1-21(19,20)10-5-2-4-9(8-10)15-13-16-12-11(14)6-3-7-18(12)17-13/h2-8H,14H2,1H3,(H,15,17). The molecule has 3 aromatic rings. The van der Waals surface area contributed by atoms with Gasteiger partial charge in [0.2, 0.25) is 5.95 Å². The first-order valence-corrected chi connectivity index (χ1v) is 8.01. The summed E-state index contributed by atoms with van der Waals surface area (Å²) in [5, 5.41) is 7.20. The Labute approximate surface area is 121 Å². The minimum atomic E-state index is -3.25. The SMILES string of the molecule is CS(=O)(=O)c1cccc(Nc2nc3c(N)cccn3n2)c1. The topological polar surface area (TPSA) is 102 Å². The van der Waals surface area contributed by atoms with Crippen LogP contribution in [0.1, 0.15) is 0 Å². The van der Waals surface area contributed by atoms with Gasteiger partial charge in [0.15, 0.2) is 15.5 Å². The number of nitrogens with one attached hydrogen (secondary N) is 1. The Morgan fingerprint density at radius 1 is 1.24 bits per heavy atom. The predicted molar refractivity (Wildman–Crippen MR) is 80.2 cm³/mol. The molecule has 0 unspecified atom stereocenters. The van der Waals surface area contributed by atoms with Crippen LogP contribution in [0.4, 0.5) is 17.3 Å². The minimum Gasteiger partial charge on any atom is -0.396 e. The molecule has 3 rings (SSSR count). The number of anilines is 3. The molecule has 3 N–H and O–H groups in total. The van der Waals surface area contributed by atoms with Gasteiger partial charge < -0.3 is 11.1 Å². The van der Waals surface area contributed by atoms with E-state index in [0.29, 0.717) is 23.0 Å². The predicted octanol–water partition coefficient (Wildman–Crippen LogP) is 1.46. The van der Waals surface area contributed by atoms with Crippen molar-refractivity contribution in [3.05, 3.63) is 42.6 Å². The van der Waals surface area contributed by atoms with Gasteiger partial charge in [-0.2, -0.15) is 4.98 Å². The highest BCUT2D eigenvalue weighted by Gasteiger charge is 2.09. The highest BCUT2D eigenvalue weighted by molar-refractivity contribution is 7.90. The molecule has 2 heterocycles. The number of aromatic nitrogens is 3. The first-order valence-electron chi connectivity index (χ1n) is 6.11. The Balaban J connectivity index is 1.97. The van der Waals surface area contributed by atoms with Crippen molar-refractivity contribution in [3.8, 4) is 0 Å². The van der Waals surface area contributed by atoms with Crippen LogP contribution in [0, 0.1) is 0 Å². The van der Waals surface area contributed by atoms with Crippen molar-refractivity contribution in [2.24, 2.45) is 0 Å². The van der Waals surface area contributed by atoms with Crippen LogP contribution in [0.2, 0.25) is 0 Å². The van der Waals surface area contributed by atoms with Crippen molar-refractivity contribution in [1.82, 2.24) is 14.6 Å². The first-order chi connectivity index (χ1) is 9.93. The molecule has 0 atom stereocenters. The van der Waals surface area contributed by atoms with Crippen LogP contribution in [0.25, 0.3) is 5.65 Å². The van der Waals surface area contributed by atoms with E-state index in [-0.39, 0.29) is 4.90 Å². The fourth-order valence-electron chi connectivity index (χ4n) is 1.91. The molecule has 0 fully saturated rings. The second kappa shape index (κ2) is 4.74. The molecule has 0 spiro atoms. The highest BCUT2D eigenvalue weighted by Crippen LogP contribution is 2.19. The lowest BCUT2D eigenvalue weighted by molar-refractivity contribution is 0.602. The number of fused-ring (bicyclic) bond motifs is 1. The normalized spacial score (nSPS) is 11.7. The number of sulfone groups is 1. The lowest BCUT2D eigenvalue weighted by atomic mass is 10.3. The zero-order chi connectivity index (χ0) is 15.0. The van der Waals surface area contributed by atoms with E-state index < -0.39 is 9.84 Å². The maximum Gasteiger partial charge on any atom is 0.247 e. The third-order valence-electron chi connectivity index (χ3n) is 2.91. The Bertz CT molecular complexity index is 917. The van der Waals surface area contributed by atoms with Crippen molar-refractivity contribution < 1.29 is 8.42 Å². The van der Waals surface area contributed by atoms with Crippen LogP contribution < -0.4 is 11.1 Å². The summed E-state index contributed by atoms with van der Waals surface area (Å²) in [6.07, 6.45) is 2.90. The molecule has 2 aromatic heterocycles. The van der Waals surface area contributed by atoms with Crippen LogP contribution in [0.3, 0.4) is 0 Å². The maximum absolute atomic E-state index is 11.5. The van der Waals surface area contributed by atoms with Crippen molar-refractivity contribution in [3.63, 3.8) is 0 Å². The summed E-state index contributed by atoms with van der Waals surface area (Å²) in [6, 6.07) is 9.97. The molecule has 8 heteroatoms. The molecule has 108 valence electrons. The molecule has 21 heavy (non-hydrogen) atoms. The third kappa shape index (κ3) is 2.65. The average molecular weight is 303 g/mol. The summed E-state index contributed by atoms with van der Waals surface area (Å²) in [7, 11) is -3.25. The van der Waals surface area contributed by atoms with Crippen molar-refractivity contribution in [2.45, 2.75) is 4.90 Å². The van der Waals surface area contributed by atoms with E-state index in [1.807, 2.05) is 0 Å². The molecule has 0 saturated carbocycles. The first kappa shape index (κ1) is 13.4. The number of pyridine rings is 1. The number of rotatable bonds is 3. The van der Waals surface area contributed by atoms with Gasteiger partial charge in [0.05, 0.1) is 10.6 Å². The second-order valence-electron chi connectivity index (χ2n) is 4.59. The molecule has 0 aliphatic carbocycles. The lowest BCUT2D eigenvalue weighted by Gasteiger charge is -2.03. The molecule has 1 aromatic carbocycles. The summed E-state index contributed by atoms with van der Waals surface area (Å²) < 4.78 is 24.6. The van der Waals surface area contributed by atoms with Crippen LogP contribution >= 0.6 is 0 Å². The summed E-state index contributed by atoms with van der Waals surface area (Å²) >= 11 is 0. The molecular weight excluding hydrogens is 290 g/mol. The van der Waals surface area contributed by atoms with Gasteiger partial charge in [-0.05, 0) is 30.3 Å². The maximum atomic E-state index is 11.5. The van der Waals surface area contributed by atoms with Gasteiger partial charge >= 0.3 is 0 Å². The summed E-state index contributed by atoms with van der Waals surface area (Å²) in [5.41, 5.74) is 7.46. The molecule has 0 radical (unpaired) electrons. The second-order valence-corrected chi connectivity index (χ2v) is 6.61. The fourth-order valence-corrected chi connectivity index (χ4v) is 2.58. The van der Waals surface area contributed by atoms with Crippen molar-refractivity contribution >= 4 is 32.8 Å². The van der Waals surface area contributed by atoms with Crippen molar-refractivity contribution in [2.75, 3.05) is 17.3 Å². The number of hydrogen-bond donors (Lipinski definition) is 2. The summed E-state index contributed by atoms with van der Waals surface area (Å²) in [5.74, 6) is 0.346. The Kier molecular flexibility index (Phi) is 3.02. The number of benzene rings is 1. The van der Waals surface area contributed by atoms with E-state index in [9.17, 15) is 8.42 Å². The summed E-state index contributed by atoms with van der Waals surface area (Å²) in [6.45, 7) is 0. The van der Waals surface area contributed by atoms with Gasteiger partial charge in [-0.25, -0.2) is 12.9 Å². The zero-order valence-corrected chi connectivity index (χ0v) is 12.0. The smallest absolute Gasteiger partial charge is 0.247 e. The van der Waals surface area contributed by atoms with Gasteiger partial charge in [-0.1, -0.05) is 6.07 Å². The molecule has 0 saturated heterocycles. The molecular formula is C13H13N5O2S.